The highest BCUT2D eigenvalue weighted by molar-refractivity contribution is 5.91. The lowest BCUT2D eigenvalue weighted by Crippen LogP contribution is -2.60. The van der Waals surface area contributed by atoms with E-state index >= 15 is 0 Å². The van der Waals surface area contributed by atoms with E-state index in [2.05, 4.69) is 0 Å². The molecule has 12 heteroatoms. The van der Waals surface area contributed by atoms with Crippen LogP contribution in [0.15, 0.2) is 54.6 Å². The summed E-state index contributed by atoms with van der Waals surface area (Å²) in [7, 11) is 0. The van der Waals surface area contributed by atoms with Crippen molar-refractivity contribution >= 4 is 18.1 Å². The van der Waals surface area contributed by atoms with Gasteiger partial charge in [-0.3, -0.25) is 0 Å². The topological polar surface area (TPSA) is 207 Å². The second kappa shape index (κ2) is 11.5. The lowest BCUT2D eigenvalue weighted by atomic mass is 9.99. The van der Waals surface area contributed by atoms with Gasteiger partial charge in [0, 0.05) is 6.07 Å². The number of aliphatic hydroxyl groups excluding tert-OH is 3. The third kappa shape index (κ3) is 6.51. The monoisotopic (exact) mass is 542 g/mol. The van der Waals surface area contributed by atoms with Gasteiger partial charge in [0.2, 0.25) is 6.29 Å². The molecule has 0 spiro atoms. The van der Waals surface area contributed by atoms with Gasteiger partial charge in [0.05, 0.1) is 5.56 Å². The molecule has 0 aromatic heterocycles. The number of carbonyl (C=O) groups excluding carboxylic acids is 1. The van der Waals surface area contributed by atoms with Crippen molar-refractivity contribution in [1.29, 1.82) is 0 Å². The Morgan fingerprint density at radius 1 is 0.769 bits per heavy atom. The first-order chi connectivity index (χ1) is 18.5. The molecule has 5 atom stereocenters. The van der Waals surface area contributed by atoms with Crippen LogP contribution in [0.2, 0.25) is 0 Å². The molecule has 8 N–H and O–H groups in total. The van der Waals surface area contributed by atoms with Crippen LogP contribution in [0.5, 0.6) is 34.5 Å². The summed E-state index contributed by atoms with van der Waals surface area (Å²) in [5.74, 6) is -3.38. The van der Waals surface area contributed by atoms with Crippen molar-refractivity contribution in [3.05, 3.63) is 71.3 Å². The minimum Gasteiger partial charge on any atom is -0.508 e. The molecule has 39 heavy (non-hydrogen) atoms. The van der Waals surface area contributed by atoms with Crippen LogP contribution in [0.4, 0.5) is 0 Å². The molecule has 0 saturated carbocycles. The van der Waals surface area contributed by atoms with Crippen LogP contribution in [0.1, 0.15) is 21.5 Å². The van der Waals surface area contributed by atoms with Crippen LogP contribution >= 0.6 is 0 Å². The van der Waals surface area contributed by atoms with Crippen LogP contribution in [-0.4, -0.2) is 84.1 Å². The summed E-state index contributed by atoms with van der Waals surface area (Å²) in [5, 5.41) is 79.1. The number of esters is 1. The van der Waals surface area contributed by atoms with E-state index in [0.717, 1.165) is 17.7 Å². The molecule has 3 aromatic rings. The molecule has 1 aliphatic heterocycles. The van der Waals surface area contributed by atoms with Crippen molar-refractivity contribution in [3.63, 3.8) is 0 Å². The normalized spacial score (nSPS) is 23.0. The lowest BCUT2D eigenvalue weighted by Gasteiger charge is -2.39. The van der Waals surface area contributed by atoms with Gasteiger partial charge in [-0.05, 0) is 47.5 Å². The fourth-order valence-electron chi connectivity index (χ4n) is 3.80. The van der Waals surface area contributed by atoms with E-state index < -0.39 is 60.5 Å². The maximum Gasteiger partial charge on any atom is 0.338 e. The Balaban J connectivity index is 1.45. The van der Waals surface area contributed by atoms with Crippen molar-refractivity contribution in [2.24, 2.45) is 0 Å². The zero-order chi connectivity index (χ0) is 28.3. The zero-order valence-electron chi connectivity index (χ0n) is 20.2. The molecule has 1 aliphatic rings. The quantitative estimate of drug-likeness (QED) is 0.121. The van der Waals surface area contributed by atoms with Crippen molar-refractivity contribution in [3.8, 4) is 34.5 Å². The van der Waals surface area contributed by atoms with E-state index in [1.165, 1.54) is 30.3 Å². The van der Waals surface area contributed by atoms with Crippen LogP contribution in [-0.2, 0) is 9.47 Å². The molecule has 1 saturated heterocycles. The van der Waals surface area contributed by atoms with Crippen LogP contribution in [0.3, 0.4) is 0 Å². The Morgan fingerprint density at radius 3 is 2.08 bits per heavy atom. The maximum atomic E-state index is 12.3. The largest absolute Gasteiger partial charge is 0.508 e. The van der Waals surface area contributed by atoms with Crippen LogP contribution in [0.25, 0.3) is 12.2 Å². The first-order valence-corrected chi connectivity index (χ1v) is 11.6. The standard InChI is InChI=1S/C27H26O12/c28-16-5-3-13(4-6-16)1-2-14-7-17(29)11-18(8-14)38-27-25(35)24(34)23(33)21(39-27)12-37-26(36)15-9-19(30)22(32)20(31)10-15/h1-11,21,23-25,27-35H,12H2/b2-1+/t21-,23-,24+,25-,27+/m1/s1. The molecular formula is C27H26O12. The molecule has 4 rings (SSSR count). The molecule has 0 unspecified atom stereocenters. The molecule has 0 radical (unpaired) electrons. The van der Waals surface area contributed by atoms with E-state index in [9.17, 15) is 45.6 Å². The molecule has 0 amide bonds. The SMILES string of the molecule is O=C(OC[C@H]1O[C@H](Oc2cc(O)cc(/C=C/c3ccc(O)cc3)c2)[C@H](O)[C@@H](O)[C@@H]1O)c1cc(O)c(O)c(O)c1. The molecule has 206 valence electrons. The molecule has 0 bridgehead atoms. The Hall–Kier alpha value is -4.49. The summed E-state index contributed by atoms with van der Waals surface area (Å²) < 4.78 is 16.2. The fourth-order valence-corrected chi connectivity index (χ4v) is 3.80. The van der Waals surface area contributed by atoms with Gasteiger partial charge in [0.15, 0.2) is 17.2 Å². The Morgan fingerprint density at radius 2 is 1.41 bits per heavy atom. The average Bonchev–Trinajstić information content (AvgIpc) is 2.90. The van der Waals surface area contributed by atoms with Crippen molar-refractivity contribution in [2.75, 3.05) is 6.61 Å². The van der Waals surface area contributed by atoms with Gasteiger partial charge in [-0.25, -0.2) is 4.79 Å². The van der Waals surface area contributed by atoms with Gasteiger partial charge in [0.1, 0.15) is 48.3 Å². The highest BCUT2D eigenvalue weighted by atomic mass is 16.7. The third-order valence-electron chi connectivity index (χ3n) is 5.88. The number of carbonyl (C=O) groups is 1. The molecule has 1 heterocycles. The van der Waals surface area contributed by atoms with Gasteiger partial charge in [-0.15, -0.1) is 0 Å². The number of phenolic OH excluding ortho intramolecular Hbond substituents is 5. The minimum absolute atomic E-state index is 0.0544. The van der Waals surface area contributed by atoms with E-state index in [1.54, 1.807) is 24.3 Å². The number of rotatable bonds is 7. The average molecular weight is 542 g/mol. The van der Waals surface area contributed by atoms with E-state index in [4.69, 9.17) is 14.2 Å². The Labute approximate surface area is 221 Å². The second-order valence-corrected chi connectivity index (χ2v) is 8.78. The van der Waals surface area contributed by atoms with E-state index in [-0.39, 0.29) is 22.8 Å². The van der Waals surface area contributed by atoms with Crippen molar-refractivity contribution in [2.45, 2.75) is 30.7 Å². The van der Waals surface area contributed by atoms with Crippen molar-refractivity contribution in [1.82, 2.24) is 0 Å². The zero-order valence-corrected chi connectivity index (χ0v) is 20.2. The molecule has 0 aliphatic carbocycles. The molecule has 12 nitrogen and oxygen atoms in total. The van der Waals surface area contributed by atoms with Gasteiger partial charge in [-0.1, -0.05) is 24.3 Å². The van der Waals surface area contributed by atoms with Gasteiger partial charge in [0.25, 0.3) is 0 Å². The summed E-state index contributed by atoms with van der Waals surface area (Å²) in [5.41, 5.74) is 0.973. The number of hydrogen-bond donors (Lipinski definition) is 8. The lowest BCUT2D eigenvalue weighted by molar-refractivity contribution is -0.277. The number of aliphatic hydroxyl groups is 3. The number of phenols is 5. The smallest absolute Gasteiger partial charge is 0.338 e. The second-order valence-electron chi connectivity index (χ2n) is 8.78. The number of aromatic hydroxyl groups is 5. The minimum atomic E-state index is -1.75. The van der Waals surface area contributed by atoms with Crippen molar-refractivity contribution < 1.29 is 59.9 Å². The van der Waals surface area contributed by atoms with Crippen LogP contribution < -0.4 is 4.74 Å². The van der Waals surface area contributed by atoms with Gasteiger partial charge in [-0.2, -0.15) is 0 Å². The molecule has 1 fully saturated rings. The summed E-state index contributed by atoms with van der Waals surface area (Å²) in [6.07, 6.45) is -4.65. The number of ether oxygens (including phenoxy) is 3. The molecular weight excluding hydrogens is 516 g/mol. The van der Waals surface area contributed by atoms with Gasteiger partial charge >= 0.3 is 5.97 Å². The predicted molar refractivity (Wildman–Crippen MR) is 134 cm³/mol. The highest BCUT2D eigenvalue weighted by Gasteiger charge is 2.45. The first kappa shape index (κ1) is 27.5. The highest BCUT2D eigenvalue weighted by Crippen LogP contribution is 2.35. The number of hydrogen-bond acceptors (Lipinski definition) is 12. The predicted octanol–water partition coefficient (Wildman–Crippen LogP) is 1.43. The maximum absolute atomic E-state index is 12.3. The first-order valence-electron chi connectivity index (χ1n) is 11.6. The summed E-state index contributed by atoms with van der Waals surface area (Å²) in [4.78, 5) is 12.3. The summed E-state index contributed by atoms with van der Waals surface area (Å²) in [6.45, 7) is -0.618. The van der Waals surface area contributed by atoms with Crippen LogP contribution in [0, 0.1) is 0 Å². The summed E-state index contributed by atoms with van der Waals surface area (Å²) >= 11 is 0. The van der Waals surface area contributed by atoms with Gasteiger partial charge < -0.3 is 55.1 Å². The Bertz CT molecular complexity index is 1330. The Kier molecular flexibility index (Phi) is 8.12. The number of benzene rings is 3. The van der Waals surface area contributed by atoms with E-state index in [1.807, 2.05) is 0 Å². The molecule has 3 aromatic carbocycles. The third-order valence-corrected chi connectivity index (χ3v) is 5.88. The fraction of sp³-hybridized carbons (Fsp3) is 0.222. The van der Waals surface area contributed by atoms with E-state index in [0.29, 0.717) is 5.56 Å². The summed E-state index contributed by atoms with van der Waals surface area (Å²) in [6, 6.07) is 12.3.